The highest BCUT2D eigenvalue weighted by Crippen LogP contribution is 2.26. The molecule has 0 aromatic carbocycles. The molecule has 2 heterocycles. The van der Waals surface area contributed by atoms with Gasteiger partial charge < -0.3 is 5.11 Å². The molecule has 2 aromatic heterocycles. The number of carboxylic acid groups (broad SMARTS) is 1. The Labute approximate surface area is 99.6 Å². The molecular weight excluding hydrogens is 246 g/mol. The molecule has 0 saturated carbocycles. The molecule has 0 aliphatic heterocycles. The summed E-state index contributed by atoms with van der Waals surface area (Å²) in [6.45, 7) is 0. The summed E-state index contributed by atoms with van der Waals surface area (Å²) in [5, 5.41) is 10.4. The first kappa shape index (κ1) is 11.0. The quantitative estimate of drug-likeness (QED) is 0.837. The van der Waals surface area contributed by atoms with Crippen LogP contribution in [0.15, 0.2) is 28.3 Å². The summed E-state index contributed by atoms with van der Waals surface area (Å²) in [6, 6.07) is 0. The molecule has 0 aliphatic rings. The van der Waals surface area contributed by atoms with Crippen molar-refractivity contribution >= 4 is 29.1 Å². The average Bonchev–Trinajstić information content (AvgIpc) is 2.76. The summed E-state index contributed by atoms with van der Waals surface area (Å²) in [5.74, 6) is -0.825. The highest BCUT2D eigenvalue weighted by atomic mass is 32.2. The monoisotopic (exact) mass is 253 g/mol. The Balaban J connectivity index is 2.11. The van der Waals surface area contributed by atoms with E-state index < -0.39 is 5.97 Å². The molecule has 16 heavy (non-hydrogen) atoms. The average molecular weight is 253 g/mol. The van der Waals surface area contributed by atoms with Gasteiger partial charge in [0.1, 0.15) is 11.4 Å². The molecule has 0 saturated heterocycles. The maximum absolute atomic E-state index is 10.4. The first-order valence-corrected chi connectivity index (χ1v) is 6.19. The molecule has 0 unspecified atom stereocenters. The van der Waals surface area contributed by atoms with Crippen molar-refractivity contribution in [3.05, 3.63) is 24.0 Å². The van der Waals surface area contributed by atoms with Crippen molar-refractivity contribution in [2.24, 2.45) is 0 Å². The minimum absolute atomic E-state index is 0.0213. The van der Waals surface area contributed by atoms with Gasteiger partial charge in [0.2, 0.25) is 0 Å². The van der Waals surface area contributed by atoms with Crippen molar-refractivity contribution in [1.82, 2.24) is 15.0 Å². The van der Waals surface area contributed by atoms with Crippen LogP contribution in [0.1, 0.15) is 0 Å². The standard InChI is InChI=1S/C9H7N3O2S2/c13-8(14)5-16-9-12-7(4-15-9)6-3-10-1-2-11-6/h1-4H,5H2,(H,13,14). The third-order valence-corrected chi connectivity index (χ3v) is 3.63. The fraction of sp³-hybridized carbons (Fsp3) is 0.111. The van der Waals surface area contributed by atoms with E-state index in [9.17, 15) is 4.79 Å². The lowest BCUT2D eigenvalue weighted by molar-refractivity contribution is -0.133. The van der Waals surface area contributed by atoms with Crippen molar-refractivity contribution in [1.29, 1.82) is 0 Å². The number of hydrogen-bond donors (Lipinski definition) is 1. The first-order chi connectivity index (χ1) is 7.75. The molecule has 0 radical (unpaired) electrons. The van der Waals surface area contributed by atoms with Gasteiger partial charge in [0.25, 0.3) is 0 Å². The molecule has 0 atom stereocenters. The first-order valence-electron chi connectivity index (χ1n) is 4.32. The van der Waals surface area contributed by atoms with E-state index in [2.05, 4.69) is 15.0 Å². The van der Waals surface area contributed by atoms with Crippen LogP contribution < -0.4 is 0 Å². The third kappa shape index (κ3) is 2.77. The van der Waals surface area contributed by atoms with E-state index >= 15 is 0 Å². The number of hydrogen-bond acceptors (Lipinski definition) is 6. The molecule has 1 N–H and O–H groups in total. The molecule has 0 fully saturated rings. The van der Waals surface area contributed by atoms with E-state index in [0.717, 1.165) is 10.0 Å². The Bertz CT molecular complexity index is 487. The Morgan fingerprint density at radius 1 is 1.44 bits per heavy atom. The van der Waals surface area contributed by atoms with Crippen LogP contribution in [0, 0.1) is 0 Å². The summed E-state index contributed by atoms with van der Waals surface area (Å²) in [5.41, 5.74) is 1.42. The lowest BCUT2D eigenvalue weighted by Gasteiger charge is -1.92. The van der Waals surface area contributed by atoms with Crippen molar-refractivity contribution < 1.29 is 9.90 Å². The van der Waals surface area contributed by atoms with Crippen LogP contribution in [0.2, 0.25) is 0 Å². The Morgan fingerprint density at radius 3 is 3.00 bits per heavy atom. The molecule has 0 spiro atoms. The fourth-order valence-corrected chi connectivity index (χ4v) is 2.54. The van der Waals surface area contributed by atoms with Gasteiger partial charge in [-0.05, 0) is 0 Å². The van der Waals surface area contributed by atoms with E-state index in [4.69, 9.17) is 5.11 Å². The summed E-state index contributed by atoms with van der Waals surface area (Å²) in [7, 11) is 0. The lowest BCUT2D eigenvalue weighted by atomic mass is 10.4. The zero-order valence-electron chi connectivity index (χ0n) is 8.03. The molecular formula is C9H7N3O2S2. The topological polar surface area (TPSA) is 76.0 Å². The number of thioether (sulfide) groups is 1. The molecule has 2 aromatic rings. The zero-order chi connectivity index (χ0) is 11.4. The van der Waals surface area contributed by atoms with E-state index in [0.29, 0.717) is 5.69 Å². The van der Waals surface area contributed by atoms with Gasteiger partial charge in [0.15, 0.2) is 4.34 Å². The largest absolute Gasteiger partial charge is 0.481 e. The second kappa shape index (κ2) is 5.04. The molecule has 82 valence electrons. The summed E-state index contributed by atoms with van der Waals surface area (Å²) >= 11 is 2.61. The van der Waals surface area contributed by atoms with Gasteiger partial charge in [-0.3, -0.25) is 14.8 Å². The number of rotatable bonds is 4. The molecule has 7 heteroatoms. The van der Waals surface area contributed by atoms with E-state index in [-0.39, 0.29) is 5.75 Å². The van der Waals surface area contributed by atoms with Gasteiger partial charge in [-0.1, -0.05) is 11.8 Å². The summed E-state index contributed by atoms with van der Waals surface area (Å²) < 4.78 is 0.725. The predicted octanol–water partition coefficient (Wildman–Crippen LogP) is 1.78. The number of carboxylic acids is 1. The fourth-order valence-electron chi connectivity index (χ4n) is 0.996. The van der Waals surface area contributed by atoms with E-state index in [1.807, 2.05) is 5.38 Å². The Morgan fingerprint density at radius 2 is 2.31 bits per heavy atom. The lowest BCUT2D eigenvalue weighted by Crippen LogP contribution is -1.97. The maximum atomic E-state index is 10.4. The number of aromatic nitrogens is 3. The SMILES string of the molecule is O=C(O)CSc1nc(-c2cnccn2)cs1. The smallest absolute Gasteiger partial charge is 0.313 e. The number of thiazole rings is 1. The highest BCUT2D eigenvalue weighted by molar-refractivity contribution is 8.01. The van der Waals surface area contributed by atoms with Crippen LogP contribution >= 0.6 is 23.1 Å². The minimum atomic E-state index is -0.846. The second-order valence-corrected chi connectivity index (χ2v) is 4.85. The number of nitrogens with zero attached hydrogens (tertiary/aromatic N) is 3. The highest BCUT2D eigenvalue weighted by Gasteiger charge is 2.07. The van der Waals surface area contributed by atoms with Crippen LogP contribution in [0.25, 0.3) is 11.4 Å². The normalized spacial score (nSPS) is 10.2. The maximum Gasteiger partial charge on any atom is 0.313 e. The summed E-state index contributed by atoms with van der Waals surface area (Å²) in [6.07, 6.45) is 4.81. The predicted molar refractivity (Wildman–Crippen MR) is 61.5 cm³/mol. The zero-order valence-corrected chi connectivity index (χ0v) is 9.66. The van der Waals surface area contributed by atoms with Crippen LogP contribution in [-0.4, -0.2) is 31.8 Å². The van der Waals surface area contributed by atoms with Crippen molar-refractivity contribution in [2.75, 3.05) is 5.75 Å². The molecule has 0 aliphatic carbocycles. The Hall–Kier alpha value is -1.47. The molecule has 0 amide bonds. The van der Waals surface area contributed by atoms with E-state index in [1.54, 1.807) is 18.6 Å². The third-order valence-electron chi connectivity index (χ3n) is 1.63. The van der Waals surface area contributed by atoms with Gasteiger partial charge in [-0.2, -0.15) is 0 Å². The van der Waals surface area contributed by atoms with Crippen LogP contribution in [0.3, 0.4) is 0 Å². The van der Waals surface area contributed by atoms with Crippen LogP contribution in [0.5, 0.6) is 0 Å². The minimum Gasteiger partial charge on any atom is -0.481 e. The van der Waals surface area contributed by atoms with Crippen molar-refractivity contribution in [3.8, 4) is 11.4 Å². The second-order valence-electron chi connectivity index (χ2n) is 2.77. The Kier molecular flexibility index (Phi) is 3.47. The van der Waals surface area contributed by atoms with Crippen molar-refractivity contribution in [3.63, 3.8) is 0 Å². The van der Waals surface area contributed by atoms with Gasteiger partial charge in [-0.25, -0.2) is 4.98 Å². The number of carbonyl (C=O) groups is 1. The van der Waals surface area contributed by atoms with Crippen molar-refractivity contribution in [2.45, 2.75) is 4.34 Å². The van der Waals surface area contributed by atoms with Gasteiger partial charge in [-0.15, -0.1) is 11.3 Å². The number of aliphatic carboxylic acids is 1. The van der Waals surface area contributed by atoms with Gasteiger partial charge in [0.05, 0.1) is 11.9 Å². The van der Waals surface area contributed by atoms with E-state index in [1.165, 1.54) is 23.1 Å². The van der Waals surface area contributed by atoms with Crippen LogP contribution in [0.4, 0.5) is 0 Å². The van der Waals surface area contributed by atoms with Gasteiger partial charge >= 0.3 is 5.97 Å². The molecule has 5 nitrogen and oxygen atoms in total. The summed E-state index contributed by atoms with van der Waals surface area (Å²) in [4.78, 5) is 22.7. The molecule has 0 bridgehead atoms. The van der Waals surface area contributed by atoms with Gasteiger partial charge in [0, 0.05) is 17.8 Å². The van der Waals surface area contributed by atoms with Crippen LogP contribution in [-0.2, 0) is 4.79 Å². The molecule has 2 rings (SSSR count).